The molecule has 2 rings (SSSR count). The van der Waals surface area contributed by atoms with Crippen LogP contribution in [-0.4, -0.2) is 11.1 Å². The lowest BCUT2D eigenvalue weighted by molar-refractivity contribution is -0.129. The van der Waals surface area contributed by atoms with E-state index in [1.807, 2.05) is 26.0 Å². The van der Waals surface area contributed by atoms with Gasteiger partial charge in [0.05, 0.1) is 0 Å². The molecule has 0 aliphatic heterocycles. The molecule has 0 saturated carbocycles. The molecule has 0 aromatic heterocycles. The highest BCUT2D eigenvalue weighted by Gasteiger charge is 2.24. The van der Waals surface area contributed by atoms with Gasteiger partial charge in [0.15, 0.2) is 0 Å². The summed E-state index contributed by atoms with van der Waals surface area (Å²) >= 11 is 0. The molecule has 29 heavy (non-hydrogen) atoms. The van der Waals surface area contributed by atoms with Crippen LogP contribution in [0.2, 0.25) is 0 Å². The molecular weight excluding hydrogens is 360 g/mol. The zero-order valence-corrected chi connectivity index (χ0v) is 18.8. The Kier molecular flexibility index (Phi) is 6.94. The smallest absolute Gasteiger partial charge is 0.335 e. The van der Waals surface area contributed by atoms with E-state index >= 15 is 0 Å². The summed E-state index contributed by atoms with van der Waals surface area (Å²) in [6.45, 7) is 18.2. The second kappa shape index (κ2) is 8.86. The van der Waals surface area contributed by atoms with E-state index < -0.39 is 5.97 Å². The summed E-state index contributed by atoms with van der Waals surface area (Å²) in [5.41, 5.74) is 5.68. The number of hydrogen-bond donors (Lipinski definition) is 1. The number of carbonyl (C=O) groups excluding carboxylic acids is 1. The van der Waals surface area contributed by atoms with E-state index in [0.717, 1.165) is 39.8 Å². The van der Waals surface area contributed by atoms with Gasteiger partial charge in [0.2, 0.25) is 0 Å². The zero-order chi connectivity index (χ0) is 21.9. The molecule has 2 aromatic carbocycles. The lowest BCUT2D eigenvalue weighted by Gasteiger charge is -2.25. The summed E-state index contributed by atoms with van der Waals surface area (Å²) in [4.78, 5) is 12.1. The van der Waals surface area contributed by atoms with Gasteiger partial charge in [-0.1, -0.05) is 76.6 Å². The number of rotatable bonds is 6. The minimum atomic E-state index is -0.477. The number of aryl methyl sites for hydroxylation is 2. The lowest BCUT2D eigenvalue weighted by Crippen LogP contribution is -2.17. The molecule has 0 bridgehead atoms. The van der Waals surface area contributed by atoms with Gasteiger partial charge in [-0.25, -0.2) is 4.79 Å². The van der Waals surface area contributed by atoms with Crippen LogP contribution in [0.3, 0.4) is 0 Å². The SMILES string of the molecule is C=CC(=O)Oc1c(Cc2cc(C)cc(C(C)CC)c2O)cc(C)cc1C(C)(C)C. The van der Waals surface area contributed by atoms with Crippen molar-refractivity contribution in [1.29, 1.82) is 0 Å². The van der Waals surface area contributed by atoms with E-state index in [2.05, 4.69) is 53.3 Å². The quantitative estimate of drug-likeness (QED) is 0.345. The fourth-order valence-electron chi connectivity index (χ4n) is 3.62. The molecule has 0 aliphatic rings. The fraction of sp³-hybridized carbons (Fsp3) is 0.423. The Hall–Kier alpha value is -2.55. The van der Waals surface area contributed by atoms with Gasteiger partial charge in [-0.2, -0.15) is 0 Å². The van der Waals surface area contributed by atoms with Gasteiger partial charge in [-0.15, -0.1) is 0 Å². The third kappa shape index (κ3) is 5.29. The maximum Gasteiger partial charge on any atom is 0.335 e. The van der Waals surface area contributed by atoms with Crippen LogP contribution in [-0.2, 0) is 16.6 Å². The number of esters is 1. The van der Waals surface area contributed by atoms with Crippen molar-refractivity contribution in [3.05, 3.63) is 70.3 Å². The number of benzene rings is 2. The molecule has 2 aromatic rings. The standard InChI is InChI=1S/C26H34O3/c1-9-18(5)21-13-16(3)11-19(24(21)28)15-20-12-17(4)14-22(26(6,7)8)25(20)29-23(27)10-2/h10-14,18,28H,2,9,15H2,1,3-8H3. The van der Waals surface area contributed by atoms with Crippen LogP contribution in [0, 0.1) is 13.8 Å². The molecule has 3 nitrogen and oxygen atoms in total. The Bertz CT molecular complexity index is 917. The van der Waals surface area contributed by atoms with E-state index in [4.69, 9.17) is 4.74 Å². The fourth-order valence-corrected chi connectivity index (χ4v) is 3.62. The first-order chi connectivity index (χ1) is 13.5. The van der Waals surface area contributed by atoms with Crippen LogP contribution in [0.5, 0.6) is 11.5 Å². The third-order valence-electron chi connectivity index (χ3n) is 5.37. The maximum absolute atomic E-state index is 12.1. The average molecular weight is 395 g/mol. The van der Waals surface area contributed by atoms with Crippen LogP contribution < -0.4 is 4.74 Å². The minimum absolute atomic E-state index is 0.200. The monoisotopic (exact) mass is 394 g/mol. The summed E-state index contributed by atoms with van der Waals surface area (Å²) in [7, 11) is 0. The molecule has 0 amide bonds. The number of hydrogen-bond acceptors (Lipinski definition) is 3. The van der Waals surface area contributed by atoms with Gasteiger partial charge in [-0.3, -0.25) is 0 Å². The summed E-state index contributed by atoms with van der Waals surface area (Å²) in [5, 5.41) is 11.0. The third-order valence-corrected chi connectivity index (χ3v) is 5.37. The Morgan fingerprint density at radius 2 is 1.72 bits per heavy atom. The average Bonchev–Trinajstić information content (AvgIpc) is 2.64. The van der Waals surface area contributed by atoms with Crippen LogP contribution in [0.4, 0.5) is 0 Å². The number of carbonyl (C=O) groups is 1. The molecule has 0 fully saturated rings. The summed E-state index contributed by atoms with van der Waals surface area (Å²) in [6.07, 6.45) is 2.62. The van der Waals surface area contributed by atoms with Crippen molar-refractivity contribution in [1.82, 2.24) is 0 Å². The predicted octanol–water partition coefficient (Wildman–Crippen LogP) is 6.50. The Labute approximate surface area is 175 Å². The molecule has 0 spiro atoms. The Morgan fingerprint density at radius 3 is 2.28 bits per heavy atom. The molecule has 1 unspecified atom stereocenters. The highest BCUT2D eigenvalue weighted by atomic mass is 16.5. The summed E-state index contributed by atoms with van der Waals surface area (Å²) in [6, 6.07) is 8.17. The number of phenols is 1. The molecule has 0 aliphatic carbocycles. The van der Waals surface area contributed by atoms with Gasteiger partial charge >= 0.3 is 5.97 Å². The van der Waals surface area contributed by atoms with Gasteiger partial charge in [-0.05, 0) is 48.3 Å². The van der Waals surface area contributed by atoms with E-state index in [-0.39, 0.29) is 11.3 Å². The van der Waals surface area contributed by atoms with Crippen molar-refractivity contribution in [2.75, 3.05) is 0 Å². The van der Waals surface area contributed by atoms with Gasteiger partial charge in [0.25, 0.3) is 0 Å². The van der Waals surface area contributed by atoms with Crippen molar-refractivity contribution >= 4 is 5.97 Å². The topological polar surface area (TPSA) is 46.5 Å². The number of aromatic hydroxyl groups is 1. The Balaban J connectivity index is 2.66. The first-order valence-electron chi connectivity index (χ1n) is 10.3. The van der Waals surface area contributed by atoms with E-state index in [1.54, 1.807) is 0 Å². The van der Waals surface area contributed by atoms with Crippen LogP contribution in [0.1, 0.15) is 80.3 Å². The summed E-state index contributed by atoms with van der Waals surface area (Å²) in [5.74, 6) is 0.701. The number of ether oxygens (including phenoxy) is 1. The van der Waals surface area contributed by atoms with Crippen LogP contribution >= 0.6 is 0 Å². The number of phenolic OH excluding ortho intramolecular Hbond substituents is 1. The predicted molar refractivity (Wildman–Crippen MR) is 120 cm³/mol. The molecule has 156 valence electrons. The van der Waals surface area contributed by atoms with E-state index in [1.165, 1.54) is 6.08 Å². The van der Waals surface area contributed by atoms with Gasteiger partial charge in [0, 0.05) is 18.1 Å². The molecule has 1 N–H and O–H groups in total. The largest absolute Gasteiger partial charge is 0.507 e. The second-order valence-electron chi connectivity index (χ2n) is 9.02. The molecule has 0 saturated heterocycles. The molecule has 1 atom stereocenters. The van der Waals surface area contributed by atoms with E-state index in [9.17, 15) is 9.90 Å². The second-order valence-corrected chi connectivity index (χ2v) is 9.02. The zero-order valence-electron chi connectivity index (χ0n) is 18.8. The molecule has 0 radical (unpaired) electrons. The van der Waals surface area contributed by atoms with Gasteiger partial charge in [0.1, 0.15) is 11.5 Å². The lowest BCUT2D eigenvalue weighted by atomic mass is 9.83. The maximum atomic E-state index is 12.1. The van der Waals surface area contributed by atoms with Gasteiger partial charge < -0.3 is 9.84 Å². The molecule has 3 heteroatoms. The van der Waals surface area contributed by atoms with Crippen molar-refractivity contribution in [3.63, 3.8) is 0 Å². The molecular formula is C26H34O3. The Morgan fingerprint density at radius 1 is 1.14 bits per heavy atom. The van der Waals surface area contributed by atoms with Crippen molar-refractivity contribution < 1.29 is 14.6 Å². The summed E-state index contributed by atoms with van der Waals surface area (Å²) < 4.78 is 5.71. The normalized spacial score (nSPS) is 12.5. The van der Waals surface area contributed by atoms with Crippen molar-refractivity contribution in [3.8, 4) is 11.5 Å². The first kappa shape index (κ1) is 22.7. The first-order valence-corrected chi connectivity index (χ1v) is 10.3. The highest BCUT2D eigenvalue weighted by molar-refractivity contribution is 5.84. The van der Waals surface area contributed by atoms with Crippen molar-refractivity contribution in [2.45, 2.75) is 72.6 Å². The van der Waals surface area contributed by atoms with E-state index in [0.29, 0.717) is 17.9 Å². The minimum Gasteiger partial charge on any atom is -0.507 e. The molecule has 0 heterocycles. The van der Waals surface area contributed by atoms with Crippen LogP contribution in [0.15, 0.2) is 36.9 Å². The van der Waals surface area contributed by atoms with Crippen molar-refractivity contribution in [2.24, 2.45) is 0 Å². The highest BCUT2D eigenvalue weighted by Crippen LogP contribution is 2.39. The van der Waals surface area contributed by atoms with Crippen LogP contribution in [0.25, 0.3) is 0 Å².